The summed E-state index contributed by atoms with van der Waals surface area (Å²) in [5, 5.41) is 10.6. The number of hydrogen-bond acceptors (Lipinski definition) is 6. The number of fused-ring (bicyclic) bond motifs is 2. The highest BCUT2D eigenvalue weighted by molar-refractivity contribution is 7.14. The molecule has 0 aliphatic carbocycles. The molecule has 2 aliphatic heterocycles. The van der Waals surface area contributed by atoms with Gasteiger partial charge in [-0.05, 0) is 30.7 Å². The van der Waals surface area contributed by atoms with Gasteiger partial charge in [0.1, 0.15) is 0 Å². The van der Waals surface area contributed by atoms with Crippen LogP contribution in [0.3, 0.4) is 0 Å². The molecular formula is C17H22Cl2N4O2S2. The third-order valence-electron chi connectivity index (χ3n) is 4.73. The minimum atomic E-state index is -0.156. The van der Waals surface area contributed by atoms with Crippen molar-refractivity contribution in [1.29, 1.82) is 0 Å². The number of nitrogens with zero attached hydrogens (tertiary/aromatic N) is 2. The number of carbonyl (C=O) groups excluding carboxylic acids is 2. The predicted octanol–water partition coefficient (Wildman–Crippen LogP) is 3.20. The molecule has 2 aromatic rings. The number of carbonyl (C=O) groups is 2. The van der Waals surface area contributed by atoms with Crippen LogP contribution in [-0.2, 0) is 11.2 Å². The van der Waals surface area contributed by atoms with Crippen LogP contribution in [0.4, 0.5) is 5.13 Å². The second kappa shape index (κ2) is 9.84. The van der Waals surface area contributed by atoms with Crippen LogP contribution >= 0.6 is 47.5 Å². The lowest BCUT2D eigenvalue weighted by Gasteiger charge is -2.24. The summed E-state index contributed by atoms with van der Waals surface area (Å²) < 4.78 is 0. The number of halogens is 2. The van der Waals surface area contributed by atoms with Gasteiger partial charge in [-0.1, -0.05) is 6.07 Å². The highest BCUT2D eigenvalue weighted by atomic mass is 35.5. The SMILES string of the molecule is Cl.Cl.O=C(Nc1nc(CC(=O)N2CCC3CCC(C2)N3)cs1)c1cccs1. The van der Waals surface area contributed by atoms with Crippen molar-refractivity contribution in [3.05, 3.63) is 33.5 Å². The summed E-state index contributed by atoms with van der Waals surface area (Å²) >= 11 is 2.75. The molecule has 10 heteroatoms. The first-order valence-electron chi connectivity index (χ1n) is 8.50. The number of thiophene rings is 1. The second-order valence-corrected chi connectivity index (χ2v) is 8.32. The molecular weight excluding hydrogens is 427 g/mol. The van der Waals surface area contributed by atoms with E-state index in [9.17, 15) is 9.59 Å². The molecule has 0 aromatic carbocycles. The van der Waals surface area contributed by atoms with E-state index in [4.69, 9.17) is 0 Å². The summed E-state index contributed by atoms with van der Waals surface area (Å²) in [7, 11) is 0. The van der Waals surface area contributed by atoms with E-state index < -0.39 is 0 Å². The topological polar surface area (TPSA) is 74.3 Å². The first kappa shape index (κ1) is 22.1. The maximum absolute atomic E-state index is 12.6. The molecule has 4 rings (SSSR count). The largest absolute Gasteiger partial charge is 0.341 e. The van der Waals surface area contributed by atoms with Crippen LogP contribution in [0.2, 0.25) is 0 Å². The van der Waals surface area contributed by atoms with Crippen molar-refractivity contribution >= 4 is 64.4 Å². The summed E-state index contributed by atoms with van der Waals surface area (Å²) in [6.45, 7) is 1.61. The monoisotopic (exact) mass is 448 g/mol. The lowest BCUT2D eigenvalue weighted by Crippen LogP contribution is -2.39. The highest BCUT2D eigenvalue weighted by Crippen LogP contribution is 2.22. The fourth-order valence-electron chi connectivity index (χ4n) is 3.45. The third kappa shape index (κ3) is 5.42. The molecule has 0 radical (unpaired) electrons. The minimum absolute atomic E-state index is 0. The smallest absolute Gasteiger partial charge is 0.267 e. The van der Waals surface area contributed by atoms with E-state index in [1.54, 1.807) is 6.07 Å². The van der Waals surface area contributed by atoms with Gasteiger partial charge in [0, 0.05) is 30.6 Å². The molecule has 2 aromatic heterocycles. The molecule has 2 saturated heterocycles. The summed E-state index contributed by atoms with van der Waals surface area (Å²) in [6, 6.07) is 4.63. The van der Waals surface area contributed by atoms with Gasteiger partial charge in [-0.15, -0.1) is 47.5 Å². The van der Waals surface area contributed by atoms with Crippen LogP contribution in [0.5, 0.6) is 0 Å². The quantitative estimate of drug-likeness (QED) is 0.752. The van der Waals surface area contributed by atoms with E-state index in [1.165, 1.54) is 29.1 Å². The van der Waals surface area contributed by atoms with E-state index in [-0.39, 0.29) is 36.6 Å². The van der Waals surface area contributed by atoms with Crippen molar-refractivity contribution in [2.45, 2.75) is 37.8 Å². The molecule has 2 N–H and O–H groups in total. The molecule has 2 aliphatic rings. The first-order chi connectivity index (χ1) is 12.2. The number of amides is 2. The Morgan fingerprint density at radius 1 is 1.22 bits per heavy atom. The second-order valence-electron chi connectivity index (χ2n) is 6.52. The Hall–Kier alpha value is -1.19. The summed E-state index contributed by atoms with van der Waals surface area (Å²) in [6.07, 6.45) is 3.71. The lowest BCUT2D eigenvalue weighted by atomic mass is 10.1. The van der Waals surface area contributed by atoms with Crippen molar-refractivity contribution < 1.29 is 9.59 Å². The maximum Gasteiger partial charge on any atom is 0.267 e. The standard InChI is InChI=1S/C17H20N4O2S2.2ClH/c22-15(21-6-5-11-3-4-12(9-21)18-11)8-13-10-25-17(19-13)20-16(23)14-2-1-7-24-14;;/h1-2,7,10-12,18H,3-6,8-9H2,(H,19,20,23);2*1H. The van der Waals surface area contributed by atoms with Gasteiger partial charge in [0.2, 0.25) is 5.91 Å². The Balaban J connectivity index is 0.00000131. The minimum Gasteiger partial charge on any atom is -0.341 e. The average Bonchev–Trinajstić information content (AvgIpc) is 3.29. The van der Waals surface area contributed by atoms with Crippen LogP contribution in [0.25, 0.3) is 0 Å². The molecule has 0 saturated carbocycles. The molecule has 4 heterocycles. The van der Waals surface area contributed by atoms with Gasteiger partial charge in [-0.2, -0.15) is 0 Å². The molecule has 0 spiro atoms. The van der Waals surface area contributed by atoms with E-state index in [0.29, 0.717) is 28.5 Å². The number of hydrogen-bond donors (Lipinski definition) is 2. The lowest BCUT2D eigenvalue weighted by molar-refractivity contribution is -0.130. The number of aromatic nitrogens is 1. The van der Waals surface area contributed by atoms with Crippen LogP contribution in [-0.4, -0.2) is 46.9 Å². The van der Waals surface area contributed by atoms with Gasteiger partial charge in [0.05, 0.1) is 17.0 Å². The van der Waals surface area contributed by atoms with Gasteiger partial charge in [-0.25, -0.2) is 4.98 Å². The molecule has 2 fully saturated rings. The molecule has 2 bridgehead atoms. The van der Waals surface area contributed by atoms with Crippen LogP contribution < -0.4 is 10.6 Å². The van der Waals surface area contributed by atoms with E-state index >= 15 is 0 Å². The van der Waals surface area contributed by atoms with E-state index in [1.807, 2.05) is 21.7 Å². The van der Waals surface area contributed by atoms with Gasteiger partial charge in [0.25, 0.3) is 5.91 Å². The molecule has 6 nitrogen and oxygen atoms in total. The molecule has 2 amide bonds. The number of thiazole rings is 1. The highest BCUT2D eigenvalue weighted by Gasteiger charge is 2.31. The number of likely N-dealkylation sites (tertiary alicyclic amines) is 1. The third-order valence-corrected chi connectivity index (χ3v) is 6.40. The van der Waals surface area contributed by atoms with Crippen LogP contribution in [0, 0.1) is 0 Å². The van der Waals surface area contributed by atoms with E-state index in [2.05, 4.69) is 15.6 Å². The normalized spacial score (nSPS) is 21.0. The Bertz CT molecular complexity index is 769. The summed E-state index contributed by atoms with van der Waals surface area (Å²) in [5.74, 6) is -0.0346. The van der Waals surface area contributed by atoms with E-state index in [0.717, 1.165) is 31.6 Å². The van der Waals surface area contributed by atoms with Crippen molar-refractivity contribution in [3.8, 4) is 0 Å². The predicted molar refractivity (Wildman–Crippen MR) is 114 cm³/mol. The van der Waals surface area contributed by atoms with Gasteiger partial charge >= 0.3 is 0 Å². The fourth-order valence-corrected chi connectivity index (χ4v) is 4.77. The zero-order valence-electron chi connectivity index (χ0n) is 14.6. The number of anilines is 1. The van der Waals surface area contributed by atoms with Gasteiger partial charge in [-0.3, -0.25) is 14.9 Å². The number of rotatable bonds is 4. The molecule has 148 valence electrons. The maximum atomic E-state index is 12.6. The Morgan fingerprint density at radius 3 is 2.81 bits per heavy atom. The zero-order valence-corrected chi connectivity index (χ0v) is 17.8. The fraction of sp³-hybridized carbons (Fsp3) is 0.471. The van der Waals surface area contributed by atoms with Crippen molar-refractivity contribution in [3.63, 3.8) is 0 Å². The number of nitrogens with one attached hydrogen (secondary N) is 2. The van der Waals surface area contributed by atoms with Crippen molar-refractivity contribution in [2.75, 3.05) is 18.4 Å². The first-order valence-corrected chi connectivity index (χ1v) is 10.3. The Morgan fingerprint density at radius 2 is 2.04 bits per heavy atom. The van der Waals surface area contributed by atoms with Gasteiger partial charge in [0.15, 0.2) is 5.13 Å². The van der Waals surface area contributed by atoms with Gasteiger partial charge < -0.3 is 10.2 Å². The van der Waals surface area contributed by atoms with Crippen LogP contribution in [0.1, 0.15) is 34.6 Å². The Labute approximate surface area is 178 Å². The summed E-state index contributed by atoms with van der Waals surface area (Å²) in [5.41, 5.74) is 0.721. The molecule has 2 atom stereocenters. The summed E-state index contributed by atoms with van der Waals surface area (Å²) in [4.78, 5) is 31.6. The average molecular weight is 449 g/mol. The zero-order chi connectivity index (χ0) is 17.2. The van der Waals surface area contributed by atoms with Crippen molar-refractivity contribution in [2.24, 2.45) is 0 Å². The molecule has 27 heavy (non-hydrogen) atoms. The van der Waals surface area contributed by atoms with Crippen molar-refractivity contribution in [1.82, 2.24) is 15.2 Å². The van der Waals surface area contributed by atoms with Crippen LogP contribution in [0.15, 0.2) is 22.9 Å². The molecule has 2 unspecified atom stereocenters. The Kier molecular flexibility index (Phi) is 8.05.